The van der Waals surface area contributed by atoms with E-state index in [0.717, 1.165) is 4.31 Å². The van der Waals surface area contributed by atoms with Crippen molar-refractivity contribution < 1.29 is 16.8 Å². The van der Waals surface area contributed by atoms with Crippen LogP contribution in [0.3, 0.4) is 0 Å². The lowest BCUT2D eigenvalue weighted by molar-refractivity contribution is 0.520. The Bertz CT molecular complexity index is 1100. The maximum Gasteiger partial charge on any atom is 0.261 e. The molecule has 0 spiro atoms. The van der Waals surface area contributed by atoms with Gasteiger partial charge in [0.05, 0.1) is 27.1 Å². The molecular formula is C17H19N3O4S2. The Labute approximate surface area is 154 Å². The topological polar surface area (TPSA) is 107 Å². The number of sulfonamides is 2. The molecule has 0 heterocycles. The quantitative estimate of drug-likeness (QED) is 0.838. The Morgan fingerprint density at radius 2 is 1.65 bits per heavy atom. The fraction of sp³-hybridized carbons (Fsp3) is 0.235. The predicted molar refractivity (Wildman–Crippen MR) is 98.8 cm³/mol. The number of nitrogens with zero attached hydrogens (tertiary/aromatic N) is 2. The number of anilines is 1. The molecule has 7 nitrogen and oxygen atoms in total. The molecule has 0 unspecified atom stereocenters. The number of rotatable bonds is 5. The van der Waals surface area contributed by atoms with E-state index in [9.17, 15) is 16.8 Å². The summed E-state index contributed by atoms with van der Waals surface area (Å²) in [7, 11) is -4.88. The molecule has 0 aromatic heterocycles. The van der Waals surface area contributed by atoms with Crippen LogP contribution in [-0.4, -0.2) is 35.2 Å². The van der Waals surface area contributed by atoms with Gasteiger partial charge in [-0.1, -0.05) is 6.07 Å². The van der Waals surface area contributed by atoms with Crippen molar-refractivity contribution in [3.8, 4) is 6.07 Å². The first-order valence-electron chi connectivity index (χ1n) is 7.56. The molecule has 0 atom stereocenters. The van der Waals surface area contributed by atoms with Crippen molar-refractivity contribution in [1.29, 1.82) is 5.26 Å². The summed E-state index contributed by atoms with van der Waals surface area (Å²) in [6.07, 6.45) is 0. The number of nitrogens with one attached hydrogen (secondary N) is 1. The zero-order valence-corrected chi connectivity index (χ0v) is 16.4. The summed E-state index contributed by atoms with van der Waals surface area (Å²) >= 11 is 0. The largest absolute Gasteiger partial charge is 0.279 e. The van der Waals surface area contributed by atoms with Gasteiger partial charge in [0, 0.05) is 14.1 Å². The molecule has 0 radical (unpaired) electrons. The average molecular weight is 393 g/mol. The van der Waals surface area contributed by atoms with Crippen LogP contribution in [0.15, 0.2) is 46.2 Å². The highest BCUT2D eigenvalue weighted by Gasteiger charge is 2.22. The van der Waals surface area contributed by atoms with Gasteiger partial charge in [0.15, 0.2) is 0 Å². The Morgan fingerprint density at radius 3 is 2.23 bits per heavy atom. The van der Waals surface area contributed by atoms with Gasteiger partial charge >= 0.3 is 0 Å². The fourth-order valence-corrected chi connectivity index (χ4v) is 4.40. The molecule has 0 aliphatic heterocycles. The molecule has 0 aliphatic carbocycles. The van der Waals surface area contributed by atoms with Gasteiger partial charge in [-0.25, -0.2) is 21.1 Å². The van der Waals surface area contributed by atoms with Crippen molar-refractivity contribution in [2.45, 2.75) is 23.6 Å². The molecule has 0 saturated carbocycles. The summed E-state index contributed by atoms with van der Waals surface area (Å²) in [6, 6.07) is 10.3. The maximum absolute atomic E-state index is 12.6. The van der Waals surface area contributed by atoms with Crippen LogP contribution in [0.2, 0.25) is 0 Å². The van der Waals surface area contributed by atoms with Crippen LogP contribution in [0.5, 0.6) is 0 Å². The summed E-state index contributed by atoms with van der Waals surface area (Å²) in [4.78, 5) is -0.0800. The predicted octanol–water partition coefficient (Wildman–Crippen LogP) is 2.23. The molecule has 0 bridgehead atoms. The van der Waals surface area contributed by atoms with Crippen LogP contribution in [0, 0.1) is 25.2 Å². The lowest BCUT2D eigenvalue weighted by Crippen LogP contribution is -2.23. The van der Waals surface area contributed by atoms with Gasteiger partial charge in [0.1, 0.15) is 0 Å². The monoisotopic (exact) mass is 393 g/mol. The molecule has 0 fully saturated rings. The van der Waals surface area contributed by atoms with Gasteiger partial charge in [0.2, 0.25) is 10.0 Å². The summed E-state index contributed by atoms with van der Waals surface area (Å²) in [6.45, 7) is 3.41. The van der Waals surface area contributed by atoms with E-state index in [1.54, 1.807) is 13.8 Å². The minimum Gasteiger partial charge on any atom is -0.279 e. The third-order valence-electron chi connectivity index (χ3n) is 3.94. The normalized spacial score (nSPS) is 12.0. The van der Waals surface area contributed by atoms with E-state index in [4.69, 9.17) is 5.26 Å². The van der Waals surface area contributed by atoms with Crippen molar-refractivity contribution in [2.24, 2.45) is 0 Å². The maximum atomic E-state index is 12.6. The SMILES string of the molecule is Cc1cc(S(=O)(=O)N(C)C)cc(NS(=O)(=O)c2cccc(C#N)c2)c1C. The third kappa shape index (κ3) is 3.88. The molecule has 0 saturated heterocycles. The van der Waals surface area contributed by atoms with E-state index in [1.807, 2.05) is 6.07 Å². The number of benzene rings is 2. The number of hydrogen-bond donors (Lipinski definition) is 1. The van der Waals surface area contributed by atoms with Crippen LogP contribution in [0.4, 0.5) is 5.69 Å². The highest BCUT2D eigenvalue weighted by Crippen LogP contribution is 2.27. The minimum atomic E-state index is -3.98. The lowest BCUT2D eigenvalue weighted by Gasteiger charge is -2.17. The van der Waals surface area contributed by atoms with Crippen molar-refractivity contribution in [3.05, 3.63) is 53.1 Å². The molecule has 2 aromatic carbocycles. The molecule has 0 amide bonds. The van der Waals surface area contributed by atoms with E-state index < -0.39 is 20.0 Å². The highest BCUT2D eigenvalue weighted by atomic mass is 32.2. The highest BCUT2D eigenvalue weighted by molar-refractivity contribution is 7.92. The first kappa shape index (κ1) is 19.9. The van der Waals surface area contributed by atoms with Gasteiger partial charge in [-0.2, -0.15) is 5.26 Å². The van der Waals surface area contributed by atoms with E-state index >= 15 is 0 Å². The van der Waals surface area contributed by atoms with E-state index in [-0.39, 0.29) is 21.0 Å². The van der Waals surface area contributed by atoms with Crippen molar-refractivity contribution in [2.75, 3.05) is 18.8 Å². The van der Waals surface area contributed by atoms with Gasteiger partial charge in [-0.15, -0.1) is 0 Å². The van der Waals surface area contributed by atoms with Gasteiger partial charge in [-0.05, 0) is 55.3 Å². The Hall–Kier alpha value is -2.41. The number of hydrogen-bond acceptors (Lipinski definition) is 5. The van der Waals surface area contributed by atoms with Crippen molar-refractivity contribution >= 4 is 25.7 Å². The Kier molecular flexibility index (Phi) is 5.41. The molecule has 9 heteroatoms. The molecule has 26 heavy (non-hydrogen) atoms. The third-order valence-corrected chi connectivity index (χ3v) is 7.09. The molecule has 2 aromatic rings. The van der Waals surface area contributed by atoms with E-state index in [1.165, 1.54) is 50.5 Å². The Balaban J connectivity index is 2.55. The molecule has 2 rings (SSSR count). The van der Waals surface area contributed by atoms with Gasteiger partial charge in [-0.3, -0.25) is 4.72 Å². The second kappa shape index (κ2) is 7.07. The molecular weight excluding hydrogens is 374 g/mol. The zero-order chi connectivity index (χ0) is 19.7. The number of aryl methyl sites for hydroxylation is 1. The fourth-order valence-electron chi connectivity index (χ4n) is 2.23. The first-order valence-corrected chi connectivity index (χ1v) is 10.5. The van der Waals surface area contributed by atoms with Gasteiger partial charge < -0.3 is 0 Å². The van der Waals surface area contributed by atoms with E-state index in [0.29, 0.717) is 11.1 Å². The van der Waals surface area contributed by atoms with Crippen molar-refractivity contribution in [1.82, 2.24) is 4.31 Å². The van der Waals surface area contributed by atoms with Crippen molar-refractivity contribution in [3.63, 3.8) is 0 Å². The zero-order valence-electron chi connectivity index (χ0n) is 14.8. The van der Waals surface area contributed by atoms with Crippen LogP contribution in [0.25, 0.3) is 0 Å². The lowest BCUT2D eigenvalue weighted by atomic mass is 10.1. The summed E-state index contributed by atoms with van der Waals surface area (Å²) in [5.74, 6) is 0. The van der Waals surface area contributed by atoms with Crippen LogP contribution in [-0.2, 0) is 20.0 Å². The molecule has 1 N–H and O–H groups in total. The van der Waals surface area contributed by atoms with Crippen LogP contribution >= 0.6 is 0 Å². The van der Waals surface area contributed by atoms with Crippen LogP contribution < -0.4 is 4.72 Å². The Morgan fingerprint density at radius 1 is 1.00 bits per heavy atom. The average Bonchev–Trinajstić information content (AvgIpc) is 2.58. The minimum absolute atomic E-state index is 0.00549. The summed E-state index contributed by atoms with van der Waals surface area (Å²) in [5.41, 5.74) is 1.64. The van der Waals surface area contributed by atoms with Crippen LogP contribution in [0.1, 0.15) is 16.7 Å². The number of nitriles is 1. The first-order chi connectivity index (χ1) is 12.0. The summed E-state index contributed by atoms with van der Waals surface area (Å²) in [5, 5.41) is 8.94. The molecule has 138 valence electrons. The van der Waals surface area contributed by atoms with Gasteiger partial charge in [0.25, 0.3) is 10.0 Å². The van der Waals surface area contributed by atoms with E-state index in [2.05, 4.69) is 4.72 Å². The second-order valence-electron chi connectivity index (χ2n) is 5.95. The molecule has 0 aliphatic rings. The smallest absolute Gasteiger partial charge is 0.261 e. The summed E-state index contributed by atoms with van der Waals surface area (Å²) < 4.78 is 53.5. The standard InChI is InChI=1S/C17H19N3O4S2/c1-12-8-16(26(23,24)20(3)4)10-17(13(12)2)19-25(21,22)15-7-5-6-14(9-15)11-18/h5-10,19H,1-4H3. The second-order valence-corrected chi connectivity index (χ2v) is 9.78.